The van der Waals surface area contributed by atoms with Crippen molar-refractivity contribution in [3.63, 3.8) is 0 Å². The molecule has 0 aromatic carbocycles. The van der Waals surface area contributed by atoms with Gasteiger partial charge in [-0.1, -0.05) is 5.16 Å². The molecule has 0 unspecified atom stereocenters. The number of hydrogen-bond acceptors (Lipinski definition) is 8. The summed E-state index contributed by atoms with van der Waals surface area (Å²) in [5.74, 6) is 0.856. The van der Waals surface area contributed by atoms with Crippen LogP contribution in [-0.4, -0.2) is 34.5 Å². The highest BCUT2D eigenvalue weighted by Crippen LogP contribution is 2.22. The fourth-order valence-corrected chi connectivity index (χ4v) is 3.87. The summed E-state index contributed by atoms with van der Waals surface area (Å²) in [6.45, 7) is 1.80. The van der Waals surface area contributed by atoms with E-state index in [0.29, 0.717) is 23.1 Å². The molecule has 0 bridgehead atoms. The number of nitrogens with two attached hydrogens (primary N) is 1. The number of hydrogen-bond donors (Lipinski definition) is 2. The molecule has 0 atom stereocenters. The van der Waals surface area contributed by atoms with Gasteiger partial charge in [-0.3, -0.25) is 4.40 Å². The van der Waals surface area contributed by atoms with Gasteiger partial charge < -0.3 is 10.3 Å². The Hall–Kier alpha value is -1.98. The Kier molecular flexibility index (Phi) is 3.39. The van der Waals surface area contributed by atoms with Crippen molar-refractivity contribution in [3.8, 4) is 0 Å². The minimum absolute atomic E-state index is 0.0234. The number of sulfonamides is 1. The Labute approximate surface area is 123 Å². The molecule has 0 radical (unpaired) electrons. The highest BCUT2D eigenvalue weighted by molar-refractivity contribution is 7.89. The summed E-state index contributed by atoms with van der Waals surface area (Å²) in [5.41, 5.74) is 5.69. The molecule has 9 nitrogen and oxygen atoms in total. The Morgan fingerprint density at radius 1 is 1.48 bits per heavy atom. The van der Waals surface area contributed by atoms with Gasteiger partial charge in [0, 0.05) is 31.5 Å². The molecule has 0 aliphatic carbocycles. The minimum atomic E-state index is -3.76. The summed E-state index contributed by atoms with van der Waals surface area (Å²) in [7, 11) is -3.76. The first kappa shape index (κ1) is 14.0. The normalized spacial score (nSPS) is 12.2. The van der Waals surface area contributed by atoms with E-state index in [1.807, 2.05) is 0 Å². The zero-order valence-corrected chi connectivity index (χ0v) is 12.6. The number of nitrogens with one attached hydrogen (secondary N) is 1. The van der Waals surface area contributed by atoms with E-state index in [1.165, 1.54) is 15.7 Å². The number of aryl methyl sites for hydroxylation is 1. The van der Waals surface area contributed by atoms with E-state index in [-0.39, 0.29) is 17.4 Å². The van der Waals surface area contributed by atoms with Gasteiger partial charge in [0.25, 0.3) is 10.0 Å². The third kappa shape index (κ3) is 2.62. The molecule has 3 aromatic heterocycles. The predicted octanol–water partition coefficient (Wildman–Crippen LogP) is 0.190. The standard InChI is InChI=1S/C10H12N6O3S2/c1-6-13-7(15-19-6)2-3-12-21(17,18)9-8(11)14-10-16(9)4-5-20-10/h4-5,12H,2-3,11H2,1H3. The van der Waals surface area contributed by atoms with E-state index in [2.05, 4.69) is 19.8 Å². The largest absolute Gasteiger partial charge is 0.381 e. The molecule has 0 aliphatic rings. The molecular weight excluding hydrogens is 316 g/mol. The molecule has 0 saturated carbocycles. The van der Waals surface area contributed by atoms with Gasteiger partial charge in [0.05, 0.1) is 0 Å². The second-order valence-electron chi connectivity index (χ2n) is 4.24. The SMILES string of the molecule is Cc1nc(CCNS(=O)(=O)c2c(N)nc3sccn23)no1. The van der Waals surface area contributed by atoms with E-state index >= 15 is 0 Å². The lowest BCUT2D eigenvalue weighted by molar-refractivity contribution is 0.387. The van der Waals surface area contributed by atoms with Gasteiger partial charge in [-0.15, -0.1) is 11.3 Å². The predicted molar refractivity (Wildman–Crippen MR) is 75.4 cm³/mol. The molecule has 3 rings (SSSR count). The van der Waals surface area contributed by atoms with Crippen LogP contribution in [0.1, 0.15) is 11.7 Å². The molecule has 0 aliphatic heterocycles. The topological polar surface area (TPSA) is 128 Å². The maximum Gasteiger partial charge on any atom is 0.260 e. The quantitative estimate of drug-likeness (QED) is 0.684. The smallest absolute Gasteiger partial charge is 0.260 e. The number of imidazole rings is 1. The molecule has 3 aromatic rings. The van der Waals surface area contributed by atoms with Crippen LogP contribution < -0.4 is 10.5 Å². The summed E-state index contributed by atoms with van der Waals surface area (Å²) in [5, 5.41) is 5.38. The summed E-state index contributed by atoms with van der Waals surface area (Å²) >= 11 is 1.31. The lowest BCUT2D eigenvalue weighted by Crippen LogP contribution is -2.27. The molecule has 3 N–H and O–H groups in total. The van der Waals surface area contributed by atoms with Crippen LogP contribution in [0.5, 0.6) is 0 Å². The van der Waals surface area contributed by atoms with Crippen molar-refractivity contribution < 1.29 is 12.9 Å². The van der Waals surface area contributed by atoms with Crippen LogP contribution in [0.4, 0.5) is 5.82 Å². The summed E-state index contributed by atoms with van der Waals surface area (Å²) in [4.78, 5) is 8.54. The fourth-order valence-electron chi connectivity index (χ4n) is 1.86. The molecule has 0 saturated heterocycles. The maximum absolute atomic E-state index is 12.3. The van der Waals surface area contributed by atoms with Crippen LogP contribution in [0.3, 0.4) is 0 Å². The monoisotopic (exact) mass is 328 g/mol. The lowest BCUT2D eigenvalue weighted by Gasteiger charge is -2.05. The number of nitrogens with zero attached hydrogens (tertiary/aromatic N) is 4. The van der Waals surface area contributed by atoms with Crippen molar-refractivity contribution in [3.05, 3.63) is 23.3 Å². The van der Waals surface area contributed by atoms with Crippen LogP contribution in [0, 0.1) is 6.92 Å². The third-order valence-corrected chi connectivity index (χ3v) is 4.96. The Morgan fingerprint density at radius 2 is 2.29 bits per heavy atom. The van der Waals surface area contributed by atoms with Crippen LogP contribution in [0.15, 0.2) is 21.1 Å². The number of nitrogen functional groups attached to an aromatic ring is 1. The third-order valence-electron chi connectivity index (χ3n) is 2.71. The van der Waals surface area contributed by atoms with Crippen molar-refractivity contribution in [1.82, 2.24) is 24.2 Å². The van der Waals surface area contributed by atoms with Gasteiger partial charge in [-0.2, -0.15) is 4.98 Å². The average molecular weight is 328 g/mol. The highest BCUT2D eigenvalue weighted by Gasteiger charge is 2.24. The van der Waals surface area contributed by atoms with Gasteiger partial charge in [-0.05, 0) is 0 Å². The van der Waals surface area contributed by atoms with Crippen molar-refractivity contribution in [2.45, 2.75) is 18.4 Å². The number of rotatable bonds is 5. The molecule has 112 valence electrons. The van der Waals surface area contributed by atoms with E-state index < -0.39 is 10.0 Å². The summed E-state index contributed by atoms with van der Waals surface area (Å²) in [6, 6.07) is 0. The molecular formula is C10H12N6O3S2. The van der Waals surface area contributed by atoms with Crippen molar-refractivity contribution in [2.75, 3.05) is 12.3 Å². The highest BCUT2D eigenvalue weighted by atomic mass is 32.2. The van der Waals surface area contributed by atoms with Gasteiger partial charge in [0.15, 0.2) is 21.6 Å². The molecule has 0 spiro atoms. The van der Waals surface area contributed by atoms with Crippen LogP contribution in [0.25, 0.3) is 4.96 Å². The number of anilines is 1. The van der Waals surface area contributed by atoms with E-state index in [4.69, 9.17) is 10.3 Å². The summed E-state index contributed by atoms with van der Waals surface area (Å²) in [6.07, 6.45) is 1.93. The summed E-state index contributed by atoms with van der Waals surface area (Å²) < 4.78 is 33.3. The van der Waals surface area contributed by atoms with E-state index in [1.54, 1.807) is 18.5 Å². The Morgan fingerprint density at radius 3 is 3.00 bits per heavy atom. The van der Waals surface area contributed by atoms with E-state index in [9.17, 15) is 8.42 Å². The number of aromatic nitrogens is 4. The van der Waals surface area contributed by atoms with Gasteiger partial charge in [-0.25, -0.2) is 18.1 Å². The first-order valence-electron chi connectivity index (χ1n) is 5.97. The van der Waals surface area contributed by atoms with Crippen molar-refractivity contribution in [2.24, 2.45) is 0 Å². The number of fused-ring (bicyclic) bond motifs is 1. The second-order valence-corrected chi connectivity index (χ2v) is 6.79. The van der Waals surface area contributed by atoms with E-state index in [0.717, 1.165) is 0 Å². The zero-order valence-electron chi connectivity index (χ0n) is 11.0. The fraction of sp³-hybridized carbons (Fsp3) is 0.300. The minimum Gasteiger partial charge on any atom is -0.381 e. The Bertz CT molecular complexity index is 878. The molecule has 3 heterocycles. The van der Waals surface area contributed by atoms with Crippen molar-refractivity contribution >= 4 is 32.1 Å². The maximum atomic E-state index is 12.3. The molecule has 0 amide bonds. The Balaban J connectivity index is 1.77. The second kappa shape index (κ2) is 5.09. The first-order chi connectivity index (χ1) is 9.97. The lowest BCUT2D eigenvalue weighted by atomic mass is 10.4. The molecule has 21 heavy (non-hydrogen) atoms. The van der Waals surface area contributed by atoms with Crippen molar-refractivity contribution in [1.29, 1.82) is 0 Å². The molecule has 0 fully saturated rings. The number of thiazole rings is 1. The van der Waals surface area contributed by atoms with Crippen LogP contribution >= 0.6 is 11.3 Å². The average Bonchev–Trinajstić information content (AvgIpc) is 3.04. The first-order valence-corrected chi connectivity index (χ1v) is 8.33. The van der Waals surface area contributed by atoms with Crippen LogP contribution in [0.2, 0.25) is 0 Å². The van der Waals surface area contributed by atoms with Crippen LogP contribution in [-0.2, 0) is 16.4 Å². The van der Waals surface area contributed by atoms with Gasteiger partial charge >= 0.3 is 0 Å². The molecule has 11 heteroatoms. The van der Waals surface area contributed by atoms with Gasteiger partial charge in [0.1, 0.15) is 0 Å². The zero-order chi connectivity index (χ0) is 15.0. The van der Waals surface area contributed by atoms with Gasteiger partial charge in [0.2, 0.25) is 5.89 Å².